The van der Waals surface area contributed by atoms with Crippen LogP contribution < -0.4 is 5.32 Å². The summed E-state index contributed by atoms with van der Waals surface area (Å²) in [6.45, 7) is 9.87. The Bertz CT molecular complexity index is 442. The monoisotopic (exact) mass is 295 g/mol. The van der Waals surface area contributed by atoms with Crippen molar-refractivity contribution in [2.24, 2.45) is 5.41 Å². The third kappa shape index (κ3) is 4.62. The average molecular weight is 295 g/mol. The summed E-state index contributed by atoms with van der Waals surface area (Å²) >= 11 is 0. The Morgan fingerprint density at radius 2 is 2.00 bits per heavy atom. The molecule has 1 atom stereocenters. The number of carbonyl (C=O) groups is 2. The summed E-state index contributed by atoms with van der Waals surface area (Å²) in [6, 6.07) is 1.94. The third-order valence-corrected chi connectivity index (χ3v) is 3.45. The van der Waals surface area contributed by atoms with Gasteiger partial charge in [-0.15, -0.1) is 0 Å². The van der Waals surface area contributed by atoms with E-state index in [2.05, 4.69) is 11.4 Å². The molecule has 1 saturated heterocycles. The predicted molar refractivity (Wildman–Crippen MR) is 78.4 cm³/mol. The predicted octanol–water partition coefficient (Wildman–Crippen LogP) is 2.05. The maximum absolute atomic E-state index is 12.2. The van der Waals surface area contributed by atoms with Crippen LogP contribution in [0, 0.1) is 16.7 Å². The molecule has 0 aromatic heterocycles. The van der Waals surface area contributed by atoms with Crippen LogP contribution in [0.4, 0.5) is 4.79 Å². The summed E-state index contributed by atoms with van der Waals surface area (Å²) in [5.74, 6) is -0.107. The molecule has 1 N–H and O–H groups in total. The first-order valence-corrected chi connectivity index (χ1v) is 7.27. The molecule has 1 aliphatic rings. The highest BCUT2D eigenvalue weighted by molar-refractivity contribution is 5.86. The molecule has 1 rings (SSSR count). The highest BCUT2D eigenvalue weighted by Gasteiger charge is 2.48. The van der Waals surface area contributed by atoms with Crippen molar-refractivity contribution in [1.29, 1.82) is 5.26 Å². The van der Waals surface area contributed by atoms with Gasteiger partial charge >= 0.3 is 6.09 Å². The van der Waals surface area contributed by atoms with E-state index in [1.165, 1.54) is 4.90 Å². The molecule has 21 heavy (non-hydrogen) atoms. The molecule has 118 valence electrons. The van der Waals surface area contributed by atoms with Gasteiger partial charge in [-0.2, -0.15) is 5.26 Å². The fourth-order valence-electron chi connectivity index (χ4n) is 2.16. The lowest BCUT2D eigenvalue weighted by molar-refractivity contribution is -0.139. The fourth-order valence-corrected chi connectivity index (χ4v) is 2.16. The molecule has 0 aromatic carbocycles. The molecule has 1 aliphatic heterocycles. The molecule has 0 spiro atoms. The van der Waals surface area contributed by atoms with E-state index in [-0.39, 0.29) is 11.9 Å². The number of amides is 2. The van der Waals surface area contributed by atoms with Crippen LogP contribution in [0.5, 0.6) is 0 Å². The van der Waals surface area contributed by atoms with E-state index in [0.29, 0.717) is 25.9 Å². The van der Waals surface area contributed by atoms with Gasteiger partial charge in [-0.1, -0.05) is 6.92 Å². The van der Waals surface area contributed by atoms with Crippen LogP contribution in [0.1, 0.15) is 47.5 Å². The van der Waals surface area contributed by atoms with Crippen LogP contribution in [-0.4, -0.2) is 41.6 Å². The van der Waals surface area contributed by atoms with E-state index >= 15 is 0 Å². The summed E-state index contributed by atoms with van der Waals surface area (Å²) in [6.07, 6.45) is 0.621. The second kappa shape index (κ2) is 6.33. The molecule has 1 heterocycles. The summed E-state index contributed by atoms with van der Waals surface area (Å²) < 4.78 is 5.27. The number of hydrogen-bond acceptors (Lipinski definition) is 4. The van der Waals surface area contributed by atoms with Gasteiger partial charge in [0.05, 0.1) is 17.9 Å². The number of nitriles is 1. The molecule has 6 nitrogen and oxygen atoms in total. The molecule has 1 fully saturated rings. The Morgan fingerprint density at radius 3 is 2.43 bits per heavy atom. The van der Waals surface area contributed by atoms with Gasteiger partial charge in [-0.3, -0.25) is 4.79 Å². The lowest BCUT2D eigenvalue weighted by atomic mass is 9.81. The second-order valence-corrected chi connectivity index (χ2v) is 6.84. The van der Waals surface area contributed by atoms with Gasteiger partial charge in [0.15, 0.2) is 0 Å². The van der Waals surface area contributed by atoms with Crippen LogP contribution >= 0.6 is 0 Å². The van der Waals surface area contributed by atoms with Gasteiger partial charge in [0, 0.05) is 19.1 Å². The SMILES string of the molecule is CC[C@@H](CC#N)NC(=O)C1(C)CN(C(=O)OC(C)(C)C)C1. The Morgan fingerprint density at radius 1 is 1.43 bits per heavy atom. The van der Waals surface area contributed by atoms with Crippen molar-refractivity contribution in [3.05, 3.63) is 0 Å². The lowest BCUT2D eigenvalue weighted by Gasteiger charge is -2.46. The summed E-state index contributed by atoms with van der Waals surface area (Å²) in [7, 11) is 0. The van der Waals surface area contributed by atoms with Crippen LogP contribution in [-0.2, 0) is 9.53 Å². The van der Waals surface area contributed by atoms with Crippen molar-refractivity contribution < 1.29 is 14.3 Å². The van der Waals surface area contributed by atoms with Crippen molar-refractivity contribution in [3.8, 4) is 6.07 Å². The van der Waals surface area contributed by atoms with E-state index in [1.54, 1.807) is 0 Å². The van der Waals surface area contributed by atoms with Crippen LogP contribution in [0.3, 0.4) is 0 Å². The number of likely N-dealkylation sites (tertiary alicyclic amines) is 1. The molecule has 2 amide bonds. The van der Waals surface area contributed by atoms with Crippen molar-refractivity contribution in [3.63, 3.8) is 0 Å². The molecular weight excluding hydrogens is 270 g/mol. The van der Waals surface area contributed by atoms with Gasteiger partial charge in [0.1, 0.15) is 5.60 Å². The number of rotatable bonds is 4. The van der Waals surface area contributed by atoms with Crippen molar-refractivity contribution in [2.45, 2.75) is 59.1 Å². The van der Waals surface area contributed by atoms with Crippen LogP contribution in [0.15, 0.2) is 0 Å². The van der Waals surface area contributed by atoms with Crippen molar-refractivity contribution in [1.82, 2.24) is 10.2 Å². The van der Waals surface area contributed by atoms with Crippen LogP contribution in [0.25, 0.3) is 0 Å². The first kappa shape index (κ1) is 17.3. The Balaban J connectivity index is 2.51. The Hall–Kier alpha value is -1.77. The molecule has 6 heteroatoms. The topological polar surface area (TPSA) is 82.4 Å². The number of hydrogen-bond donors (Lipinski definition) is 1. The lowest BCUT2D eigenvalue weighted by Crippen LogP contribution is -2.64. The number of carbonyl (C=O) groups excluding carboxylic acids is 2. The molecule has 0 unspecified atom stereocenters. The minimum atomic E-state index is -0.597. The zero-order chi connectivity index (χ0) is 16.3. The molecular formula is C15H25N3O3. The summed E-state index contributed by atoms with van der Waals surface area (Å²) in [5.41, 5.74) is -1.13. The quantitative estimate of drug-likeness (QED) is 0.860. The normalized spacial score (nSPS) is 18.2. The van der Waals surface area contributed by atoms with E-state index in [0.717, 1.165) is 0 Å². The fraction of sp³-hybridized carbons (Fsp3) is 0.800. The second-order valence-electron chi connectivity index (χ2n) is 6.84. The summed E-state index contributed by atoms with van der Waals surface area (Å²) in [5, 5.41) is 11.6. The number of ether oxygens (including phenoxy) is 1. The van der Waals surface area contributed by atoms with Gasteiger partial charge in [0.25, 0.3) is 0 Å². The molecule has 0 radical (unpaired) electrons. The van der Waals surface area contributed by atoms with E-state index < -0.39 is 17.1 Å². The Labute approximate surface area is 126 Å². The van der Waals surface area contributed by atoms with Gasteiger partial charge in [0.2, 0.25) is 5.91 Å². The van der Waals surface area contributed by atoms with Crippen LogP contribution in [0.2, 0.25) is 0 Å². The number of nitrogens with zero attached hydrogens (tertiary/aromatic N) is 2. The average Bonchev–Trinajstić information content (AvgIpc) is 2.31. The standard InChI is InChI=1S/C15H25N3O3/c1-6-11(7-8-16)17-12(19)15(5)9-18(10-15)13(20)21-14(2,3)4/h11H,6-7,9-10H2,1-5H3,(H,17,19)/t11-/m0/s1. The van der Waals surface area contributed by atoms with Gasteiger partial charge in [-0.05, 0) is 34.1 Å². The zero-order valence-electron chi connectivity index (χ0n) is 13.5. The van der Waals surface area contributed by atoms with Gasteiger partial charge < -0.3 is 15.0 Å². The van der Waals surface area contributed by atoms with E-state index in [1.807, 2.05) is 34.6 Å². The first-order chi connectivity index (χ1) is 9.61. The largest absolute Gasteiger partial charge is 0.444 e. The maximum Gasteiger partial charge on any atom is 0.410 e. The minimum Gasteiger partial charge on any atom is -0.444 e. The highest BCUT2D eigenvalue weighted by atomic mass is 16.6. The van der Waals surface area contributed by atoms with Crippen molar-refractivity contribution in [2.75, 3.05) is 13.1 Å². The Kier molecular flexibility index (Phi) is 5.21. The minimum absolute atomic E-state index is 0.107. The van der Waals surface area contributed by atoms with Gasteiger partial charge in [-0.25, -0.2) is 4.79 Å². The smallest absolute Gasteiger partial charge is 0.410 e. The molecule has 0 aromatic rings. The molecule has 0 bridgehead atoms. The van der Waals surface area contributed by atoms with Crippen molar-refractivity contribution >= 4 is 12.0 Å². The third-order valence-electron chi connectivity index (χ3n) is 3.45. The summed E-state index contributed by atoms with van der Waals surface area (Å²) in [4.78, 5) is 25.6. The number of nitrogens with one attached hydrogen (secondary N) is 1. The van der Waals surface area contributed by atoms with E-state index in [9.17, 15) is 9.59 Å². The highest BCUT2D eigenvalue weighted by Crippen LogP contribution is 2.31. The maximum atomic E-state index is 12.2. The molecule has 0 saturated carbocycles. The first-order valence-electron chi connectivity index (χ1n) is 7.27. The van der Waals surface area contributed by atoms with E-state index in [4.69, 9.17) is 10.00 Å². The molecule has 0 aliphatic carbocycles. The zero-order valence-corrected chi connectivity index (χ0v) is 13.5.